The minimum absolute atomic E-state index is 0.0430. The van der Waals surface area contributed by atoms with Crippen molar-refractivity contribution in [2.45, 2.75) is 25.3 Å². The Morgan fingerprint density at radius 3 is 2.70 bits per heavy atom. The second-order valence-corrected chi connectivity index (χ2v) is 6.80. The molecule has 6 heteroatoms. The average Bonchev–Trinajstić information content (AvgIpc) is 3.18. The first-order chi connectivity index (χ1) is 9.41. The van der Waals surface area contributed by atoms with Crippen LogP contribution >= 0.6 is 27.5 Å². The summed E-state index contributed by atoms with van der Waals surface area (Å²) in [6.45, 7) is 1.86. The quantitative estimate of drug-likeness (QED) is 0.885. The molecule has 1 saturated heterocycles. The van der Waals surface area contributed by atoms with Gasteiger partial charge in [-0.2, -0.15) is 0 Å². The van der Waals surface area contributed by atoms with E-state index in [4.69, 9.17) is 11.6 Å². The Morgan fingerprint density at radius 2 is 2.10 bits per heavy atom. The lowest BCUT2D eigenvalue weighted by atomic mass is 9.91. The molecular weight excluding hydrogens is 344 g/mol. The lowest BCUT2D eigenvalue weighted by Gasteiger charge is -2.40. The molecule has 3 rings (SSSR count). The number of hydrogen-bond donors (Lipinski definition) is 1. The Hall–Kier alpha value is -1.07. The molecular formula is C14H14BrClN2O2. The van der Waals surface area contributed by atoms with Gasteiger partial charge in [0, 0.05) is 9.50 Å². The summed E-state index contributed by atoms with van der Waals surface area (Å²) in [5, 5.41) is 3.45. The molecule has 0 bridgehead atoms. The fourth-order valence-electron chi connectivity index (χ4n) is 2.71. The van der Waals surface area contributed by atoms with Gasteiger partial charge in [-0.25, -0.2) is 0 Å². The van der Waals surface area contributed by atoms with Crippen molar-refractivity contribution in [3.05, 3.63) is 27.7 Å². The molecule has 1 heterocycles. The van der Waals surface area contributed by atoms with Gasteiger partial charge in [-0.05, 0) is 59.8 Å². The van der Waals surface area contributed by atoms with Crippen LogP contribution in [0.4, 0.5) is 5.69 Å². The minimum atomic E-state index is -0.783. The summed E-state index contributed by atoms with van der Waals surface area (Å²) < 4.78 is 0.714. The fourth-order valence-corrected chi connectivity index (χ4v) is 3.61. The number of piperazine rings is 1. The highest BCUT2D eigenvalue weighted by atomic mass is 79.9. The van der Waals surface area contributed by atoms with Gasteiger partial charge in [0.05, 0.1) is 5.69 Å². The largest absolute Gasteiger partial charge is 0.340 e. The van der Waals surface area contributed by atoms with E-state index < -0.39 is 5.54 Å². The zero-order valence-corrected chi connectivity index (χ0v) is 13.3. The number of anilines is 1. The van der Waals surface area contributed by atoms with Crippen molar-refractivity contribution in [3.63, 3.8) is 0 Å². The Morgan fingerprint density at radius 1 is 1.40 bits per heavy atom. The van der Waals surface area contributed by atoms with Crippen molar-refractivity contribution in [3.8, 4) is 0 Å². The summed E-state index contributed by atoms with van der Waals surface area (Å²) in [6, 6.07) is 5.21. The van der Waals surface area contributed by atoms with Gasteiger partial charge in [0.15, 0.2) is 0 Å². The van der Waals surface area contributed by atoms with E-state index in [0.717, 1.165) is 12.8 Å². The predicted octanol–water partition coefficient (Wildman–Crippen LogP) is 2.73. The van der Waals surface area contributed by atoms with Gasteiger partial charge in [-0.15, -0.1) is 0 Å². The Balaban J connectivity index is 1.99. The Labute approximate surface area is 130 Å². The van der Waals surface area contributed by atoms with Crippen molar-refractivity contribution in [1.29, 1.82) is 0 Å². The molecule has 1 aromatic rings. The van der Waals surface area contributed by atoms with Gasteiger partial charge in [-0.3, -0.25) is 14.5 Å². The normalized spacial score (nSPS) is 26.6. The summed E-state index contributed by atoms with van der Waals surface area (Å²) in [5.41, 5.74) is -0.102. The number of carbonyl (C=O) groups is 2. The van der Waals surface area contributed by atoms with Crippen molar-refractivity contribution >= 4 is 45.0 Å². The first-order valence-electron chi connectivity index (χ1n) is 6.50. The van der Waals surface area contributed by atoms with Crippen LogP contribution in [0.1, 0.15) is 19.8 Å². The molecule has 2 aliphatic rings. The van der Waals surface area contributed by atoms with Crippen LogP contribution < -0.4 is 10.2 Å². The lowest BCUT2D eigenvalue weighted by Crippen LogP contribution is -2.66. The third kappa shape index (κ3) is 2.23. The molecule has 0 spiro atoms. The highest BCUT2D eigenvalue weighted by molar-refractivity contribution is 9.10. The van der Waals surface area contributed by atoms with Gasteiger partial charge < -0.3 is 5.32 Å². The number of rotatable bonds is 2. The summed E-state index contributed by atoms with van der Waals surface area (Å²) in [7, 11) is 0. The maximum absolute atomic E-state index is 12.8. The molecule has 4 nitrogen and oxygen atoms in total. The molecule has 1 saturated carbocycles. The predicted molar refractivity (Wildman–Crippen MR) is 80.8 cm³/mol. The first kappa shape index (κ1) is 13.9. The topological polar surface area (TPSA) is 49.4 Å². The summed E-state index contributed by atoms with van der Waals surface area (Å²) in [5.74, 6) is 0.0660. The number of hydrogen-bond acceptors (Lipinski definition) is 2. The highest BCUT2D eigenvalue weighted by Crippen LogP contribution is 2.43. The smallest absolute Gasteiger partial charge is 0.253 e. The standard InChI is InChI=1S/C14H14BrClN2O2/c1-14(8-2-3-8)13(20)18(7-12(19)17-14)11-5-4-9(16)6-10(11)15/h4-6,8H,2-3,7H2,1H3,(H,17,19). The van der Waals surface area contributed by atoms with Gasteiger partial charge in [-0.1, -0.05) is 11.6 Å². The van der Waals surface area contributed by atoms with Gasteiger partial charge in [0.2, 0.25) is 5.91 Å². The van der Waals surface area contributed by atoms with E-state index in [2.05, 4.69) is 21.2 Å². The summed E-state index contributed by atoms with van der Waals surface area (Å²) >= 11 is 9.33. The van der Waals surface area contributed by atoms with Crippen LogP contribution in [0.15, 0.2) is 22.7 Å². The van der Waals surface area contributed by atoms with Crippen molar-refractivity contribution < 1.29 is 9.59 Å². The minimum Gasteiger partial charge on any atom is -0.340 e. The molecule has 1 aliphatic heterocycles. The van der Waals surface area contributed by atoms with Crippen LogP contribution in [0.3, 0.4) is 0 Å². The number of benzene rings is 1. The number of amides is 2. The molecule has 1 aliphatic carbocycles. The summed E-state index contributed by atoms with van der Waals surface area (Å²) in [6.07, 6.45) is 1.97. The van der Waals surface area contributed by atoms with E-state index in [1.165, 1.54) is 4.90 Å². The summed E-state index contributed by atoms with van der Waals surface area (Å²) in [4.78, 5) is 26.3. The molecule has 0 aromatic heterocycles. The van der Waals surface area contributed by atoms with Crippen molar-refractivity contribution in [1.82, 2.24) is 5.32 Å². The number of halogens is 2. The Kier molecular flexibility index (Phi) is 3.29. The van der Waals surface area contributed by atoms with Crippen molar-refractivity contribution in [2.24, 2.45) is 5.92 Å². The number of nitrogens with zero attached hydrogens (tertiary/aromatic N) is 1. The Bertz CT molecular complexity index is 603. The third-order valence-electron chi connectivity index (χ3n) is 3.98. The monoisotopic (exact) mass is 356 g/mol. The second-order valence-electron chi connectivity index (χ2n) is 5.51. The maximum Gasteiger partial charge on any atom is 0.253 e. The number of nitrogens with one attached hydrogen (secondary N) is 1. The lowest BCUT2D eigenvalue weighted by molar-refractivity contribution is -0.136. The van der Waals surface area contributed by atoms with E-state index in [1.807, 2.05) is 6.92 Å². The van der Waals surface area contributed by atoms with Crippen LogP contribution in [-0.4, -0.2) is 23.9 Å². The van der Waals surface area contributed by atoms with E-state index in [9.17, 15) is 9.59 Å². The van der Waals surface area contributed by atoms with Crippen LogP contribution in [0.5, 0.6) is 0 Å². The molecule has 1 N–H and O–H groups in total. The first-order valence-corrected chi connectivity index (χ1v) is 7.67. The van der Waals surface area contributed by atoms with Crippen LogP contribution in [-0.2, 0) is 9.59 Å². The fraction of sp³-hybridized carbons (Fsp3) is 0.429. The van der Waals surface area contributed by atoms with Crippen LogP contribution in [0, 0.1) is 5.92 Å². The van der Waals surface area contributed by atoms with Crippen LogP contribution in [0.2, 0.25) is 5.02 Å². The zero-order chi connectivity index (χ0) is 14.5. The third-order valence-corrected chi connectivity index (χ3v) is 4.85. The SMILES string of the molecule is CC1(C2CC2)NC(=O)CN(c2ccc(Cl)cc2Br)C1=O. The number of carbonyl (C=O) groups excluding carboxylic acids is 2. The van der Waals surface area contributed by atoms with Gasteiger partial charge >= 0.3 is 0 Å². The highest BCUT2D eigenvalue weighted by Gasteiger charge is 2.53. The molecule has 1 aromatic carbocycles. The van der Waals surface area contributed by atoms with Gasteiger partial charge in [0.1, 0.15) is 12.1 Å². The molecule has 2 amide bonds. The molecule has 1 unspecified atom stereocenters. The molecule has 0 radical (unpaired) electrons. The average molecular weight is 358 g/mol. The van der Waals surface area contributed by atoms with Gasteiger partial charge in [0.25, 0.3) is 5.91 Å². The van der Waals surface area contributed by atoms with Crippen molar-refractivity contribution in [2.75, 3.05) is 11.4 Å². The van der Waals surface area contributed by atoms with E-state index in [-0.39, 0.29) is 24.3 Å². The zero-order valence-electron chi connectivity index (χ0n) is 11.0. The molecule has 106 valence electrons. The molecule has 2 fully saturated rings. The second kappa shape index (κ2) is 4.74. The van der Waals surface area contributed by atoms with E-state index in [1.54, 1.807) is 18.2 Å². The maximum atomic E-state index is 12.8. The van der Waals surface area contributed by atoms with E-state index in [0.29, 0.717) is 15.2 Å². The molecule has 1 atom stereocenters. The van der Waals surface area contributed by atoms with Crippen LogP contribution in [0.25, 0.3) is 0 Å². The van der Waals surface area contributed by atoms with E-state index >= 15 is 0 Å². The molecule has 20 heavy (non-hydrogen) atoms.